The number of aryl methyl sites for hydroxylation is 1. The van der Waals surface area contributed by atoms with Crippen molar-refractivity contribution in [1.82, 2.24) is 20.2 Å². The lowest BCUT2D eigenvalue weighted by molar-refractivity contribution is 0.431. The average Bonchev–Trinajstić information content (AvgIpc) is 2.58. The van der Waals surface area contributed by atoms with E-state index in [0.717, 1.165) is 0 Å². The van der Waals surface area contributed by atoms with Crippen molar-refractivity contribution >= 4 is 5.69 Å². The van der Waals surface area contributed by atoms with Gasteiger partial charge in [0.1, 0.15) is 5.69 Å². The van der Waals surface area contributed by atoms with Crippen LogP contribution in [0.2, 0.25) is 0 Å². The predicted octanol–water partition coefficient (Wildman–Crippen LogP) is 0.0523. The highest BCUT2D eigenvalue weighted by molar-refractivity contribution is 5.65. The van der Waals surface area contributed by atoms with Crippen LogP contribution in [-0.4, -0.2) is 20.2 Å². The van der Waals surface area contributed by atoms with Crippen LogP contribution in [0.5, 0.6) is 0 Å². The van der Waals surface area contributed by atoms with E-state index in [1.807, 2.05) is 0 Å². The molecule has 0 atom stereocenters. The van der Waals surface area contributed by atoms with Crippen LogP contribution in [0.15, 0.2) is 16.9 Å². The second kappa shape index (κ2) is 2.33. The van der Waals surface area contributed by atoms with Gasteiger partial charge >= 0.3 is 0 Å². The SMILES string of the molecule is Cn1cc(-c2oncc2N)nn1. The summed E-state index contributed by atoms with van der Waals surface area (Å²) in [4.78, 5) is 0. The minimum Gasteiger partial charge on any atom is -0.394 e. The molecule has 2 rings (SSSR count). The minimum absolute atomic E-state index is 0.461. The number of hydrogen-bond donors (Lipinski definition) is 1. The van der Waals surface area contributed by atoms with Crippen LogP contribution >= 0.6 is 0 Å². The molecule has 0 aliphatic carbocycles. The van der Waals surface area contributed by atoms with E-state index in [-0.39, 0.29) is 0 Å². The van der Waals surface area contributed by atoms with Crippen LogP contribution in [0.25, 0.3) is 11.5 Å². The molecule has 62 valence electrons. The first-order chi connectivity index (χ1) is 5.77. The van der Waals surface area contributed by atoms with Gasteiger partial charge in [-0.1, -0.05) is 10.4 Å². The van der Waals surface area contributed by atoms with Gasteiger partial charge in [0.15, 0.2) is 5.69 Å². The van der Waals surface area contributed by atoms with E-state index in [9.17, 15) is 0 Å². The largest absolute Gasteiger partial charge is 0.394 e. The molecule has 0 unspecified atom stereocenters. The molecule has 0 spiro atoms. The Hall–Kier alpha value is -1.85. The maximum absolute atomic E-state index is 5.55. The topological polar surface area (TPSA) is 82.8 Å². The first-order valence-corrected chi connectivity index (χ1v) is 3.34. The molecule has 0 amide bonds. The second-order valence-electron chi connectivity index (χ2n) is 2.39. The monoisotopic (exact) mass is 165 g/mol. The Balaban J connectivity index is 2.50. The van der Waals surface area contributed by atoms with E-state index in [0.29, 0.717) is 17.1 Å². The van der Waals surface area contributed by atoms with Crippen molar-refractivity contribution in [3.63, 3.8) is 0 Å². The number of anilines is 1. The van der Waals surface area contributed by atoms with Crippen LogP contribution in [0.4, 0.5) is 5.69 Å². The van der Waals surface area contributed by atoms with Crippen LogP contribution in [0, 0.1) is 0 Å². The molecule has 0 bridgehead atoms. The average molecular weight is 165 g/mol. The molecule has 2 N–H and O–H groups in total. The summed E-state index contributed by atoms with van der Waals surface area (Å²) >= 11 is 0. The molecule has 0 saturated carbocycles. The van der Waals surface area contributed by atoms with Crippen molar-refractivity contribution in [3.05, 3.63) is 12.4 Å². The van der Waals surface area contributed by atoms with E-state index in [4.69, 9.17) is 10.3 Å². The highest BCUT2D eigenvalue weighted by Gasteiger charge is 2.10. The minimum atomic E-state index is 0.461. The fourth-order valence-electron chi connectivity index (χ4n) is 0.893. The number of nitrogens with two attached hydrogens (primary N) is 1. The van der Waals surface area contributed by atoms with Gasteiger partial charge in [-0.05, 0) is 0 Å². The molecule has 6 heteroatoms. The Bertz CT molecular complexity index is 390. The smallest absolute Gasteiger partial charge is 0.211 e. The van der Waals surface area contributed by atoms with Crippen LogP contribution in [0.3, 0.4) is 0 Å². The zero-order valence-corrected chi connectivity index (χ0v) is 6.43. The van der Waals surface area contributed by atoms with E-state index in [2.05, 4.69) is 15.5 Å². The zero-order chi connectivity index (χ0) is 8.55. The fourth-order valence-corrected chi connectivity index (χ4v) is 0.893. The third-order valence-electron chi connectivity index (χ3n) is 1.43. The molecule has 2 aromatic heterocycles. The molecule has 0 aliphatic rings. The van der Waals surface area contributed by atoms with Crippen molar-refractivity contribution < 1.29 is 4.52 Å². The van der Waals surface area contributed by atoms with Crippen LogP contribution in [0.1, 0.15) is 0 Å². The lowest BCUT2D eigenvalue weighted by Gasteiger charge is -1.86. The van der Waals surface area contributed by atoms with Gasteiger partial charge in [0, 0.05) is 7.05 Å². The van der Waals surface area contributed by atoms with Gasteiger partial charge in [-0.15, -0.1) is 5.10 Å². The lowest BCUT2D eigenvalue weighted by atomic mass is 10.3. The van der Waals surface area contributed by atoms with Crippen molar-refractivity contribution in [2.75, 3.05) is 5.73 Å². The second-order valence-corrected chi connectivity index (χ2v) is 2.39. The summed E-state index contributed by atoms with van der Waals surface area (Å²) in [6.07, 6.45) is 3.14. The maximum atomic E-state index is 5.55. The third-order valence-corrected chi connectivity index (χ3v) is 1.43. The molecular formula is C6H7N5O. The van der Waals surface area contributed by atoms with Gasteiger partial charge < -0.3 is 10.3 Å². The Morgan fingerprint density at radius 1 is 1.58 bits per heavy atom. The molecule has 0 aromatic carbocycles. The summed E-state index contributed by atoms with van der Waals surface area (Å²) in [6.45, 7) is 0. The van der Waals surface area contributed by atoms with Gasteiger partial charge in [0.2, 0.25) is 5.76 Å². The maximum Gasteiger partial charge on any atom is 0.211 e. The van der Waals surface area contributed by atoms with Crippen molar-refractivity contribution in [1.29, 1.82) is 0 Å². The quantitative estimate of drug-likeness (QED) is 0.645. The Kier molecular flexibility index (Phi) is 1.33. The molecule has 0 saturated heterocycles. The molecule has 12 heavy (non-hydrogen) atoms. The zero-order valence-electron chi connectivity index (χ0n) is 6.43. The molecular weight excluding hydrogens is 158 g/mol. The fraction of sp³-hybridized carbons (Fsp3) is 0.167. The van der Waals surface area contributed by atoms with E-state index in [1.165, 1.54) is 6.20 Å². The van der Waals surface area contributed by atoms with E-state index < -0.39 is 0 Å². The number of nitrogen functional groups attached to an aromatic ring is 1. The van der Waals surface area contributed by atoms with Crippen LogP contribution in [-0.2, 0) is 7.05 Å². The highest BCUT2D eigenvalue weighted by atomic mass is 16.5. The number of hydrogen-bond acceptors (Lipinski definition) is 5. The van der Waals surface area contributed by atoms with Crippen molar-refractivity contribution in [2.45, 2.75) is 0 Å². The van der Waals surface area contributed by atoms with E-state index in [1.54, 1.807) is 17.9 Å². The van der Waals surface area contributed by atoms with Gasteiger partial charge in [-0.25, -0.2) is 0 Å². The summed E-state index contributed by atoms with van der Waals surface area (Å²) in [6, 6.07) is 0. The number of aromatic nitrogens is 4. The molecule has 0 aliphatic heterocycles. The Morgan fingerprint density at radius 3 is 2.92 bits per heavy atom. The lowest BCUT2D eigenvalue weighted by Crippen LogP contribution is -1.85. The summed E-state index contributed by atoms with van der Waals surface area (Å²) in [5, 5.41) is 11.1. The van der Waals surface area contributed by atoms with Crippen molar-refractivity contribution in [2.24, 2.45) is 7.05 Å². The summed E-state index contributed by atoms with van der Waals surface area (Å²) in [5.74, 6) is 0.461. The molecule has 2 heterocycles. The van der Waals surface area contributed by atoms with Crippen LogP contribution < -0.4 is 5.73 Å². The standard InChI is InChI=1S/C6H7N5O/c1-11-3-5(9-10-11)6-4(7)2-8-12-6/h2-3H,7H2,1H3. The van der Waals surface area contributed by atoms with Crippen molar-refractivity contribution in [3.8, 4) is 11.5 Å². The normalized spacial score (nSPS) is 10.4. The first kappa shape index (κ1) is 6.84. The molecule has 0 radical (unpaired) electrons. The number of rotatable bonds is 1. The van der Waals surface area contributed by atoms with Gasteiger partial charge in [0.25, 0.3) is 0 Å². The molecule has 0 fully saturated rings. The summed E-state index contributed by atoms with van der Waals surface area (Å²) in [5.41, 5.74) is 6.61. The first-order valence-electron chi connectivity index (χ1n) is 3.34. The van der Waals surface area contributed by atoms with Gasteiger partial charge in [-0.3, -0.25) is 4.68 Å². The van der Waals surface area contributed by atoms with E-state index >= 15 is 0 Å². The highest BCUT2D eigenvalue weighted by Crippen LogP contribution is 2.21. The Labute approximate surface area is 68.0 Å². The summed E-state index contributed by atoms with van der Waals surface area (Å²) < 4.78 is 6.44. The summed E-state index contributed by atoms with van der Waals surface area (Å²) in [7, 11) is 1.77. The molecule has 6 nitrogen and oxygen atoms in total. The molecule has 2 aromatic rings. The van der Waals surface area contributed by atoms with Gasteiger partial charge in [0.05, 0.1) is 12.4 Å². The third kappa shape index (κ3) is 0.931. The Morgan fingerprint density at radius 2 is 2.42 bits per heavy atom. The van der Waals surface area contributed by atoms with Gasteiger partial charge in [-0.2, -0.15) is 0 Å². The predicted molar refractivity (Wildman–Crippen MR) is 40.9 cm³/mol. The number of nitrogens with zero attached hydrogens (tertiary/aromatic N) is 4.